The molecule has 0 atom stereocenters. The summed E-state index contributed by atoms with van der Waals surface area (Å²) in [6, 6.07) is 22.5. The van der Waals surface area contributed by atoms with E-state index in [1.165, 1.54) is 17.3 Å². The van der Waals surface area contributed by atoms with Gasteiger partial charge in [0.15, 0.2) is 11.0 Å². The van der Waals surface area contributed by atoms with Crippen LogP contribution in [0.2, 0.25) is 0 Å². The Morgan fingerprint density at radius 2 is 1.71 bits per heavy atom. The smallest absolute Gasteiger partial charge is 0.233 e. The van der Waals surface area contributed by atoms with Crippen LogP contribution in [0.25, 0.3) is 17.1 Å². The second-order valence-electron chi connectivity index (χ2n) is 8.67. The molecule has 2 aromatic heterocycles. The van der Waals surface area contributed by atoms with E-state index in [-0.39, 0.29) is 5.91 Å². The van der Waals surface area contributed by atoms with Crippen LogP contribution in [0.3, 0.4) is 0 Å². The van der Waals surface area contributed by atoms with Gasteiger partial charge in [0.2, 0.25) is 5.91 Å². The normalized spacial score (nSPS) is 14.4. The number of furan rings is 1. The molecule has 2 aromatic carbocycles. The van der Waals surface area contributed by atoms with E-state index in [9.17, 15) is 4.79 Å². The van der Waals surface area contributed by atoms with Gasteiger partial charge >= 0.3 is 0 Å². The third-order valence-electron chi connectivity index (χ3n) is 6.41. The molecule has 1 aliphatic rings. The summed E-state index contributed by atoms with van der Waals surface area (Å²) >= 11 is 1.44. The first-order valence-electron chi connectivity index (χ1n) is 11.7. The summed E-state index contributed by atoms with van der Waals surface area (Å²) in [5, 5.41) is 9.58. The summed E-state index contributed by atoms with van der Waals surface area (Å²) in [6.07, 6.45) is 4.85. The first-order chi connectivity index (χ1) is 16.7. The summed E-state index contributed by atoms with van der Waals surface area (Å²) < 4.78 is 7.50. The predicted molar refractivity (Wildman–Crippen MR) is 134 cm³/mol. The molecule has 0 unspecified atom stereocenters. The van der Waals surface area contributed by atoms with Gasteiger partial charge in [-0.05, 0) is 55.9 Å². The van der Waals surface area contributed by atoms with Gasteiger partial charge in [0.25, 0.3) is 0 Å². The van der Waals surface area contributed by atoms with E-state index in [4.69, 9.17) is 4.42 Å². The van der Waals surface area contributed by atoms with E-state index in [2.05, 4.69) is 40.5 Å². The average Bonchev–Trinajstić information content (AvgIpc) is 3.49. The van der Waals surface area contributed by atoms with Gasteiger partial charge in [-0.2, -0.15) is 0 Å². The molecule has 3 heterocycles. The lowest BCUT2D eigenvalue weighted by Gasteiger charge is -2.32. The number of amides is 1. The third-order valence-corrected chi connectivity index (χ3v) is 7.32. The number of aryl methyl sites for hydroxylation is 1. The zero-order chi connectivity index (χ0) is 23.3. The molecular weight excluding hydrogens is 444 g/mol. The van der Waals surface area contributed by atoms with E-state index in [1.807, 2.05) is 52.8 Å². The number of hydrogen-bond acceptors (Lipinski definition) is 5. The minimum Gasteiger partial charge on any atom is -0.469 e. The molecule has 1 amide bonds. The van der Waals surface area contributed by atoms with Crippen LogP contribution in [0, 0.1) is 12.8 Å². The average molecular weight is 473 g/mol. The van der Waals surface area contributed by atoms with E-state index >= 15 is 0 Å². The zero-order valence-corrected chi connectivity index (χ0v) is 20.1. The number of benzene rings is 2. The Balaban J connectivity index is 1.24. The highest BCUT2D eigenvalue weighted by atomic mass is 32.2. The molecule has 4 aromatic rings. The number of thioether (sulfide) groups is 1. The Hall–Kier alpha value is -3.32. The Morgan fingerprint density at radius 3 is 2.38 bits per heavy atom. The van der Waals surface area contributed by atoms with Gasteiger partial charge in [-0.1, -0.05) is 60.3 Å². The molecule has 1 fully saturated rings. The minimum atomic E-state index is 0.159. The molecule has 0 N–H and O–H groups in total. The fraction of sp³-hybridized carbons (Fsp3) is 0.296. The van der Waals surface area contributed by atoms with Crippen molar-refractivity contribution < 1.29 is 9.21 Å². The molecule has 0 spiro atoms. The second-order valence-corrected chi connectivity index (χ2v) is 9.61. The molecule has 0 bridgehead atoms. The fourth-order valence-electron chi connectivity index (χ4n) is 4.52. The lowest BCUT2D eigenvalue weighted by Crippen LogP contribution is -2.39. The Labute approximate surface area is 204 Å². The van der Waals surface area contributed by atoms with Gasteiger partial charge in [-0.15, -0.1) is 10.2 Å². The number of piperidine rings is 1. The van der Waals surface area contributed by atoms with E-state index < -0.39 is 0 Å². The monoisotopic (exact) mass is 472 g/mol. The van der Waals surface area contributed by atoms with Gasteiger partial charge in [0.1, 0.15) is 5.76 Å². The topological polar surface area (TPSA) is 64.2 Å². The molecule has 1 saturated heterocycles. The number of aromatic nitrogens is 3. The molecule has 5 rings (SSSR count). The zero-order valence-electron chi connectivity index (χ0n) is 19.3. The van der Waals surface area contributed by atoms with Crippen molar-refractivity contribution >= 4 is 17.7 Å². The highest BCUT2D eigenvalue weighted by Gasteiger charge is 2.24. The van der Waals surface area contributed by atoms with Crippen molar-refractivity contribution in [3.63, 3.8) is 0 Å². The number of nitrogens with zero attached hydrogens (tertiary/aromatic N) is 4. The maximum absolute atomic E-state index is 13.0. The van der Waals surface area contributed by atoms with Crippen molar-refractivity contribution in [2.24, 2.45) is 5.92 Å². The molecule has 0 saturated carbocycles. The van der Waals surface area contributed by atoms with Gasteiger partial charge in [-0.3, -0.25) is 9.36 Å². The number of likely N-dealkylation sites (tertiary alicyclic amines) is 1. The molecular formula is C27H28N4O2S. The highest BCUT2D eigenvalue weighted by molar-refractivity contribution is 7.99. The first-order valence-corrected chi connectivity index (χ1v) is 12.7. The molecule has 0 aliphatic carbocycles. The van der Waals surface area contributed by atoms with Gasteiger partial charge < -0.3 is 9.32 Å². The van der Waals surface area contributed by atoms with Crippen LogP contribution in [-0.4, -0.2) is 44.4 Å². The van der Waals surface area contributed by atoms with E-state index in [1.54, 1.807) is 6.26 Å². The third kappa shape index (κ3) is 4.94. The summed E-state index contributed by atoms with van der Waals surface area (Å²) in [4.78, 5) is 15.0. The van der Waals surface area contributed by atoms with Gasteiger partial charge in [-0.25, -0.2) is 0 Å². The van der Waals surface area contributed by atoms with Crippen LogP contribution in [-0.2, 0) is 11.2 Å². The number of hydrogen-bond donors (Lipinski definition) is 0. The highest BCUT2D eigenvalue weighted by Crippen LogP contribution is 2.30. The summed E-state index contributed by atoms with van der Waals surface area (Å²) in [5.41, 5.74) is 3.24. The van der Waals surface area contributed by atoms with Gasteiger partial charge in [0.05, 0.1) is 17.6 Å². The minimum absolute atomic E-state index is 0.159. The van der Waals surface area contributed by atoms with E-state index in [0.717, 1.165) is 49.4 Å². The van der Waals surface area contributed by atoms with Crippen LogP contribution >= 0.6 is 11.8 Å². The van der Waals surface area contributed by atoms with Crippen molar-refractivity contribution in [2.45, 2.75) is 31.3 Å². The first kappa shape index (κ1) is 22.5. The number of carbonyl (C=O) groups excluding carboxylic acids is 1. The Bertz CT molecular complexity index is 1230. The van der Waals surface area contributed by atoms with E-state index in [0.29, 0.717) is 22.7 Å². The van der Waals surface area contributed by atoms with Crippen LogP contribution in [0.5, 0.6) is 0 Å². The predicted octanol–water partition coefficient (Wildman–Crippen LogP) is 5.41. The molecule has 1 aliphatic heterocycles. The van der Waals surface area contributed by atoms with Crippen LogP contribution in [0.1, 0.15) is 24.2 Å². The van der Waals surface area contributed by atoms with Gasteiger partial charge in [0, 0.05) is 18.8 Å². The molecule has 7 heteroatoms. The molecule has 34 heavy (non-hydrogen) atoms. The molecule has 0 radical (unpaired) electrons. The Kier molecular flexibility index (Phi) is 6.81. The van der Waals surface area contributed by atoms with Crippen molar-refractivity contribution in [3.8, 4) is 17.1 Å². The molecule has 6 nitrogen and oxygen atoms in total. The maximum Gasteiger partial charge on any atom is 0.233 e. The lowest BCUT2D eigenvalue weighted by atomic mass is 9.90. The molecule has 174 valence electrons. The van der Waals surface area contributed by atoms with Crippen LogP contribution in [0.4, 0.5) is 0 Å². The number of para-hydroxylation sites is 1. The standard InChI is InChI=1S/C27H28N4O2S/c1-20-24(14-17-33-20)26-28-29-27(31(26)23-10-6-3-7-11-23)34-19-25(32)30-15-12-22(13-16-30)18-21-8-4-2-5-9-21/h2-11,14,17,22H,12-13,15-16,18-19H2,1H3. The summed E-state index contributed by atoms with van der Waals surface area (Å²) in [5.74, 6) is 2.65. The fourth-order valence-corrected chi connectivity index (χ4v) is 5.37. The summed E-state index contributed by atoms with van der Waals surface area (Å²) in [6.45, 7) is 3.56. The van der Waals surface area contributed by atoms with Crippen molar-refractivity contribution in [2.75, 3.05) is 18.8 Å². The SMILES string of the molecule is Cc1occc1-c1nnc(SCC(=O)N2CCC(Cc3ccccc3)CC2)n1-c1ccccc1. The second kappa shape index (κ2) is 10.3. The lowest BCUT2D eigenvalue weighted by molar-refractivity contribution is -0.129. The number of carbonyl (C=O) groups is 1. The quantitative estimate of drug-likeness (QED) is 0.337. The largest absolute Gasteiger partial charge is 0.469 e. The summed E-state index contributed by atoms with van der Waals surface area (Å²) in [7, 11) is 0. The maximum atomic E-state index is 13.0. The Morgan fingerprint density at radius 1 is 1.00 bits per heavy atom. The van der Waals surface area contributed by atoms with Crippen molar-refractivity contribution in [1.82, 2.24) is 19.7 Å². The van der Waals surface area contributed by atoms with Crippen LogP contribution in [0.15, 0.2) is 82.6 Å². The van der Waals surface area contributed by atoms with Crippen molar-refractivity contribution in [3.05, 3.63) is 84.3 Å². The number of rotatable bonds is 7. The van der Waals surface area contributed by atoms with Crippen LogP contribution < -0.4 is 0 Å². The van der Waals surface area contributed by atoms with Crippen molar-refractivity contribution in [1.29, 1.82) is 0 Å².